The highest BCUT2D eigenvalue weighted by Gasteiger charge is 2.31. The Morgan fingerprint density at radius 3 is 2.61 bits per heavy atom. The van der Waals surface area contributed by atoms with E-state index >= 15 is 0 Å². The molecule has 3 heterocycles. The molecule has 2 aliphatic heterocycles. The Kier molecular flexibility index (Phi) is 6.60. The number of aryl methyl sites for hydroxylation is 1. The highest BCUT2D eigenvalue weighted by molar-refractivity contribution is 7.99. The molecule has 2 aliphatic rings. The lowest BCUT2D eigenvalue weighted by molar-refractivity contribution is -0.129. The lowest BCUT2D eigenvalue weighted by atomic mass is 10.2. The molecular weight excluding hydrogens is 436 g/mol. The number of aromatic nitrogens is 3. The molecule has 1 fully saturated rings. The molecule has 11 heteroatoms. The van der Waals surface area contributed by atoms with Gasteiger partial charge in [-0.2, -0.15) is 9.57 Å². The average molecular weight is 461 g/mol. The average Bonchev–Trinajstić information content (AvgIpc) is 3.03. The van der Waals surface area contributed by atoms with Crippen LogP contribution in [0.2, 0.25) is 0 Å². The van der Waals surface area contributed by atoms with E-state index in [1.165, 1.54) is 34.6 Å². The largest absolute Gasteiger partial charge is 0.339 e. The van der Waals surface area contributed by atoms with Gasteiger partial charge in [-0.3, -0.25) is 4.79 Å². The molecule has 4 rings (SSSR count). The van der Waals surface area contributed by atoms with E-state index < -0.39 is 10.0 Å². The van der Waals surface area contributed by atoms with Crippen molar-refractivity contribution in [1.82, 2.24) is 24.0 Å². The van der Waals surface area contributed by atoms with E-state index in [4.69, 9.17) is 0 Å². The fourth-order valence-corrected chi connectivity index (χ4v) is 6.33. The van der Waals surface area contributed by atoms with Crippen molar-refractivity contribution >= 4 is 27.7 Å². The maximum Gasteiger partial charge on any atom is 0.244 e. The van der Waals surface area contributed by atoms with Crippen LogP contribution in [0.3, 0.4) is 0 Å². The maximum absolute atomic E-state index is 12.9. The fraction of sp³-hybridized carbons (Fsp3) is 0.500. The Labute approximate surface area is 186 Å². The molecule has 1 aromatic heterocycles. The second kappa shape index (κ2) is 9.38. The first kappa shape index (κ1) is 21.8. The zero-order valence-electron chi connectivity index (χ0n) is 17.1. The highest BCUT2D eigenvalue weighted by atomic mass is 32.2. The minimum absolute atomic E-state index is 0.0142. The molecule has 0 saturated carbocycles. The van der Waals surface area contributed by atoms with Gasteiger partial charge in [0.1, 0.15) is 11.9 Å². The molecule has 0 radical (unpaired) electrons. The summed E-state index contributed by atoms with van der Waals surface area (Å²) in [6.07, 6.45) is 4.32. The smallest absolute Gasteiger partial charge is 0.244 e. The molecule has 0 spiro atoms. The number of piperazine rings is 1. The Bertz CT molecular complexity index is 1100. The van der Waals surface area contributed by atoms with E-state index in [1.54, 1.807) is 17.0 Å². The van der Waals surface area contributed by atoms with E-state index in [-0.39, 0.29) is 35.2 Å². The third-order valence-corrected chi connectivity index (χ3v) is 8.53. The van der Waals surface area contributed by atoms with Gasteiger partial charge in [0, 0.05) is 39.1 Å². The summed E-state index contributed by atoms with van der Waals surface area (Å²) >= 11 is 1.39. The van der Waals surface area contributed by atoms with Gasteiger partial charge in [0.05, 0.1) is 16.2 Å². The highest BCUT2D eigenvalue weighted by Crippen LogP contribution is 2.24. The number of amides is 1. The molecule has 0 atom stereocenters. The van der Waals surface area contributed by atoms with E-state index in [2.05, 4.69) is 14.8 Å². The number of benzene rings is 1. The number of hydrogen-bond acceptors (Lipinski definition) is 7. The summed E-state index contributed by atoms with van der Waals surface area (Å²) in [7, 11) is -3.77. The van der Waals surface area contributed by atoms with Crippen molar-refractivity contribution in [3.05, 3.63) is 35.7 Å². The van der Waals surface area contributed by atoms with Crippen LogP contribution in [0.15, 0.2) is 34.3 Å². The van der Waals surface area contributed by atoms with Gasteiger partial charge in [-0.15, -0.1) is 10.2 Å². The van der Waals surface area contributed by atoms with Gasteiger partial charge in [-0.1, -0.05) is 30.3 Å². The zero-order valence-corrected chi connectivity index (χ0v) is 18.7. The fourth-order valence-electron chi connectivity index (χ4n) is 3.88. The number of nitriles is 1. The number of fused-ring (bicyclic) bond motifs is 1. The number of sulfonamides is 1. The lowest BCUT2D eigenvalue weighted by Crippen LogP contribution is -2.51. The molecule has 0 aliphatic carbocycles. The molecule has 164 valence electrons. The summed E-state index contributed by atoms with van der Waals surface area (Å²) in [4.78, 5) is 14.4. The van der Waals surface area contributed by atoms with Gasteiger partial charge >= 0.3 is 0 Å². The van der Waals surface area contributed by atoms with Gasteiger partial charge in [0.25, 0.3) is 0 Å². The Balaban J connectivity index is 1.34. The molecule has 0 N–H and O–H groups in total. The first-order valence-electron chi connectivity index (χ1n) is 10.3. The molecule has 1 saturated heterocycles. The van der Waals surface area contributed by atoms with Gasteiger partial charge in [0.2, 0.25) is 15.9 Å². The zero-order chi connectivity index (χ0) is 21.8. The van der Waals surface area contributed by atoms with Gasteiger partial charge in [-0.25, -0.2) is 8.42 Å². The molecule has 0 unspecified atom stereocenters. The van der Waals surface area contributed by atoms with Crippen LogP contribution in [0.5, 0.6) is 0 Å². The molecule has 1 amide bonds. The first-order chi connectivity index (χ1) is 15.0. The number of rotatable bonds is 5. The van der Waals surface area contributed by atoms with Crippen LogP contribution < -0.4 is 0 Å². The van der Waals surface area contributed by atoms with Crippen LogP contribution in [0.4, 0.5) is 0 Å². The van der Waals surface area contributed by atoms with Crippen molar-refractivity contribution in [2.45, 2.75) is 42.3 Å². The molecule has 0 bridgehead atoms. The minimum atomic E-state index is -3.77. The molecule has 31 heavy (non-hydrogen) atoms. The van der Waals surface area contributed by atoms with Crippen LogP contribution in [-0.4, -0.2) is 70.2 Å². The summed E-state index contributed by atoms with van der Waals surface area (Å²) in [6.45, 7) is 1.95. The summed E-state index contributed by atoms with van der Waals surface area (Å²) in [5.74, 6) is 1.21. The number of nitrogens with zero attached hydrogens (tertiary/aromatic N) is 6. The molecular formula is C20H24N6O3S2. The van der Waals surface area contributed by atoms with Crippen molar-refractivity contribution < 1.29 is 13.2 Å². The van der Waals surface area contributed by atoms with E-state index in [1.807, 2.05) is 6.07 Å². The first-order valence-corrected chi connectivity index (χ1v) is 12.7. The monoisotopic (exact) mass is 460 g/mol. The van der Waals surface area contributed by atoms with Gasteiger partial charge < -0.3 is 9.47 Å². The maximum atomic E-state index is 12.9. The van der Waals surface area contributed by atoms with Gasteiger partial charge in [0.15, 0.2) is 5.16 Å². The third kappa shape index (κ3) is 4.61. The summed E-state index contributed by atoms with van der Waals surface area (Å²) in [6, 6.07) is 8.13. The summed E-state index contributed by atoms with van der Waals surface area (Å²) in [5.41, 5.74) is 0.129. The summed E-state index contributed by atoms with van der Waals surface area (Å²) < 4.78 is 29.3. The number of carbonyl (C=O) groups is 1. The minimum Gasteiger partial charge on any atom is -0.339 e. The second-order valence-electron chi connectivity index (χ2n) is 7.54. The second-order valence-corrected chi connectivity index (χ2v) is 10.4. The van der Waals surface area contributed by atoms with Crippen LogP contribution in [-0.2, 0) is 27.8 Å². The van der Waals surface area contributed by atoms with Crippen molar-refractivity contribution in [3.8, 4) is 6.07 Å². The Morgan fingerprint density at radius 2 is 1.84 bits per heavy atom. The quantitative estimate of drug-likeness (QED) is 0.622. The Hall–Kier alpha value is -2.42. The predicted molar refractivity (Wildman–Crippen MR) is 115 cm³/mol. The van der Waals surface area contributed by atoms with Crippen molar-refractivity contribution in [1.29, 1.82) is 5.26 Å². The molecule has 9 nitrogen and oxygen atoms in total. The number of thioether (sulfide) groups is 1. The topological polar surface area (TPSA) is 112 Å². The van der Waals surface area contributed by atoms with Gasteiger partial charge in [-0.05, 0) is 25.0 Å². The van der Waals surface area contributed by atoms with Crippen LogP contribution in [0, 0.1) is 11.3 Å². The summed E-state index contributed by atoms with van der Waals surface area (Å²) in [5, 5.41) is 18.5. The van der Waals surface area contributed by atoms with Crippen molar-refractivity contribution in [3.63, 3.8) is 0 Å². The number of carbonyl (C=O) groups excluding carboxylic acids is 1. The van der Waals surface area contributed by atoms with E-state index in [0.29, 0.717) is 13.1 Å². The number of hydrogen-bond donors (Lipinski definition) is 0. The van der Waals surface area contributed by atoms with Crippen molar-refractivity contribution in [2.75, 3.05) is 31.9 Å². The lowest BCUT2D eigenvalue weighted by Gasteiger charge is -2.34. The molecule has 2 aromatic rings. The van der Waals surface area contributed by atoms with Crippen LogP contribution >= 0.6 is 11.8 Å². The van der Waals surface area contributed by atoms with Crippen molar-refractivity contribution in [2.24, 2.45) is 0 Å². The Morgan fingerprint density at radius 1 is 1.06 bits per heavy atom. The van der Waals surface area contributed by atoms with Crippen LogP contribution in [0.25, 0.3) is 0 Å². The van der Waals surface area contributed by atoms with Crippen LogP contribution in [0.1, 0.15) is 30.7 Å². The normalized spacial score (nSPS) is 17.6. The van der Waals surface area contributed by atoms with E-state index in [9.17, 15) is 18.5 Å². The molecule has 1 aromatic carbocycles. The predicted octanol–water partition coefficient (Wildman–Crippen LogP) is 1.50. The standard InChI is InChI=1S/C20H24N6O3S2/c21-14-16-6-3-4-7-17(16)31(28,29)25-12-10-24(11-13-25)19(27)15-30-20-23-22-18-8-2-1-5-9-26(18)20/h3-4,6-7H,1-2,5,8-13,15H2. The third-order valence-electron chi connectivity index (χ3n) is 5.62. The SMILES string of the molecule is N#Cc1ccccc1S(=O)(=O)N1CCN(C(=O)CSc2nnc3n2CCCCC3)CC1. The van der Waals surface area contributed by atoms with E-state index in [0.717, 1.165) is 36.8 Å².